The minimum Gasteiger partial charge on any atom is -0.465 e. The fraction of sp³-hybridized carbons (Fsp3) is 0.625. The van der Waals surface area contributed by atoms with Crippen LogP contribution in [0.15, 0.2) is 0 Å². The number of rotatable bonds is 4. The molecule has 0 saturated heterocycles. The normalized spacial score (nSPS) is 11.8. The smallest absolute Gasteiger partial charge is 0.405 e. The summed E-state index contributed by atoms with van der Waals surface area (Å²) in [5.41, 5.74) is 4.26. The Balaban J connectivity index is 3.88. The van der Waals surface area contributed by atoms with E-state index in [1.165, 1.54) is 6.92 Å². The van der Waals surface area contributed by atoms with Crippen molar-refractivity contribution in [3.8, 4) is 0 Å². The third-order valence-electron chi connectivity index (χ3n) is 1.52. The van der Waals surface area contributed by atoms with Crippen molar-refractivity contribution < 1.29 is 19.5 Å². The first kappa shape index (κ1) is 14.2. The van der Waals surface area contributed by atoms with E-state index in [0.29, 0.717) is 0 Å². The average molecular weight is 232 g/mol. The van der Waals surface area contributed by atoms with Gasteiger partial charge < -0.3 is 15.3 Å². The first-order valence-electron chi connectivity index (χ1n) is 4.55. The molecule has 0 rings (SSSR count). The highest BCUT2D eigenvalue weighted by atomic mass is 16.4. The lowest BCUT2D eigenvalue weighted by molar-refractivity contribution is -0.130. The van der Waals surface area contributed by atoms with Crippen LogP contribution in [0.2, 0.25) is 0 Å². The quantitative estimate of drug-likeness (QED) is 0.434. The van der Waals surface area contributed by atoms with E-state index in [4.69, 9.17) is 5.11 Å². The fourth-order valence-corrected chi connectivity index (χ4v) is 0.817. The van der Waals surface area contributed by atoms with Gasteiger partial charge in [-0.05, 0) is 21.0 Å². The van der Waals surface area contributed by atoms with Crippen LogP contribution < -0.4 is 16.2 Å². The summed E-state index contributed by atoms with van der Waals surface area (Å²) in [4.78, 5) is 34.1. The first-order valence-corrected chi connectivity index (χ1v) is 4.55. The molecular formula is C8H16N4O4. The highest BCUT2D eigenvalue weighted by Gasteiger charge is 2.15. The Morgan fingerprint density at radius 2 is 1.81 bits per heavy atom. The van der Waals surface area contributed by atoms with Gasteiger partial charge in [0.25, 0.3) is 11.8 Å². The molecule has 0 spiro atoms. The third kappa shape index (κ3) is 6.60. The van der Waals surface area contributed by atoms with Gasteiger partial charge >= 0.3 is 6.09 Å². The third-order valence-corrected chi connectivity index (χ3v) is 1.52. The van der Waals surface area contributed by atoms with Gasteiger partial charge in [-0.2, -0.15) is 0 Å². The number of nitrogens with zero attached hydrogens (tertiary/aromatic N) is 1. The number of nitrogens with one attached hydrogen (secondary N) is 3. The second kappa shape index (κ2) is 6.62. The van der Waals surface area contributed by atoms with Gasteiger partial charge in [-0.15, -0.1) is 0 Å². The zero-order valence-electron chi connectivity index (χ0n) is 9.40. The van der Waals surface area contributed by atoms with E-state index in [1.54, 1.807) is 19.0 Å². The minimum absolute atomic E-state index is 0.126. The van der Waals surface area contributed by atoms with Gasteiger partial charge in [-0.1, -0.05) is 0 Å². The molecule has 92 valence electrons. The second-order valence-electron chi connectivity index (χ2n) is 3.45. The SMILES string of the molecule is C[C@H](NC(=O)O)C(=O)NNC(=O)CN(C)C. The molecular weight excluding hydrogens is 216 g/mol. The Hall–Kier alpha value is -1.83. The Bertz CT molecular complexity index is 279. The van der Waals surface area contributed by atoms with Gasteiger partial charge in [0.2, 0.25) is 0 Å². The Morgan fingerprint density at radius 1 is 1.25 bits per heavy atom. The summed E-state index contributed by atoms with van der Waals surface area (Å²) in [6, 6.07) is -0.933. The van der Waals surface area contributed by atoms with E-state index in [9.17, 15) is 14.4 Å². The largest absolute Gasteiger partial charge is 0.465 e. The molecule has 0 radical (unpaired) electrons. The molecule has 8 heteroatoms. The summed E-state index contributed by atoms with van der Waals surface area (Å²) >= 11 is 0. The lowest BCUT2D eigenvalue weighted by Crippen LogP contribution is -2.52. The van der Waals surface area contributed by atoms with Crippen LogP contribution in [0.1, 0.15) is 6.92 Å². The van der Waals surface area contributed by atoms with Gasteiger partial charge in [0, 0.05) is 0 Å². The highest BCUT2D eigenvalue weighted by molar-refractivity contribution is 5.87. The number of likely N-dealkylation sites (N-methyl/N-ethyl adjacent to an activating group) is 1. The number of carboxylic acid groups (broad SMARTS) is 1. The molecule has 0 fully saturated rings. The van der Waals surface area contributed by atoms with Crippen LogP contribution in [0.5, 0.6) is 0 Å². The molecule has 4 N–H and O–H groups in total. The van der Waals surface area contributed by atoms with E-state index in [2.05, 4.69) is 10.9 Å². The molecule has 0 aliphatic carbocycles. The maximum Gasteiger partial charge on any atom is 0.405 e. The molecule has 8 nitrogen and oxygen atoms in total. The summed E-state index contributed by atoms with van der Waals surface area (Å²) in [7, 11) is 3.41. The first-order chi connectivity index (χ1) is 7.32. The molecule has 0 aliphatic heterocycles. The van der Waals surface area contributed by atoms with Gasteiger partial charge in [-0.3, -0.25) is 20.4 Å². The molecule has 3 amide bonds. The van der Waals surface area contributed by atoms with Crippen LogP contribution in [0, 0.1) is 0 Å². The molecule has 0 heterocycles. The number of carbonyl (C=O) groups is 3. The minimum atomic E-state index is -1.30. The van der Waals surface area contributed by atoms with Crippen molar-refractivity contribution in [1.82, 2.24) is 21.1 Å². The monoisotopic (exact) mass is 232 g/mol. The molecule has 0 saturated carbocycles. The Morgan fingerprint density at radius 3 is 2.25 bits per heavy atom. The fourth-order valence-electron chi connectivity index (χ4n) is 0.817. The van der Waals surface area contributed by atoms with Crippen molar-refractivity contribution in [1.29, 1.82) is 0 Å². The summed E-state index contributed by atoms with van der Waals surface area (Å²) in [6.07, 6.45) is -1.30. The number of hydrogen-bond donors (Lipinski definition) is 4. The van der Waals surface area contributed by atoms with Gasteiger partial charge in [0.15, 0.2) is 0 Å². The number of carbonyl (C=O) groups excluding carboxylic acids is 2. The van der Waals surface area contributed by atoms with Crippen molar-refractivity contribution >= 4 is 17.9 Å². The summed E-state index contributed by atoms with van der Waals surface area (Å²) < 4.78 is 0. The molecule has 0 aliphatic rings. The lowest BCUT2D eigenvalue weighted by atomic mass is 10.3. The number of amides is 3. The highest BCUT2D eigenvalue weighted by Crippen LogP contribution is 1.80. The Labute approximate surface area is 93.0 Å². The van der Waals surface area contributed by atoms with Gasteiger partial charge in [0.05, 0.1) is 6.54 Å². The standard InChI is InChI=1S/C8H16N4O4/c1-5(9-8(15)16)7(14)11-10-6(13)4-12(2)3/h5,9H,4H2,1-3H3,(H,10,13)(H,11,14)(H,15,16)/t5-/m0/s1. The zero-order valence-corrected chi connectivity index (χ0v) is 9.40. The topological polar surface area (TPSA) is 111 Å². The summed E-state index contributed by atoms with van der Waals surface area (Å²) in [5, 5.41) is 10.3. The summed E-state index contributed by atoms with van der Waals surface area (Å²) in [5.74, 6) is -1.02. The number of hydrazine groups is 1. The van der Waals surface area contributed by atoms with Crippen molar-refractivity contribution in [2.75, 3.05) is 20.6 Å². The van der Waals surface area contributed by atoms with Crippen LogP contribution >= 0.6 is 0 Å². The van der Waals surface area contributed by atoms with Crippen LogP contribution in [0.25, 0.3) is 0 Å². The predicted molar refractivity (Wildman–Crippen MR) is 55.5 cm³/mol. The van der Waals surface area contributed by atoms with Crippen LogP contribution in [0.4, 0.5) is 4.79 Å². The predicted octanol–water partition coefficient (Wildman–Crippen LogP) is -1.65. The van der Waals surface area contributed by atoms with Crippen molar-refractivity contribution in [3.05, 3.63) is 0 Å². The van der Waals surface area contributed by atoms with Crippen molar-refractivity contribution in [2.24, 2.45) is 0 Å². The van der Waals surface area contributed by atoms with E-state index in [1.807, 2.05) is 5.32 Å². The molecule has 1 atom stereocenters. The second-order valence-corrected chi connectivity index (χ2v) is 3.45. The van der Waals surface area contributed by atoms with Crippen molar-refractivity contribution in [3.63, 3.8) is 0 Å². The van der Waals surface area contributed by atoms with Crippen LogP contribution in [0.3, 0.4) is 0 Å². The average Bonchev–Trinajstić information content (AvgIpc) is 2.11. The number of hydrogen-bond acceptors (Lipinski definition) is 4. The Kier molecular flexibility index (Phi) is 5.86. The molecule has 0 unspecified atom stereocenters. The van der Waals surface area contributed by atoms with Crippen molar-refractivity contribution in [2.45, 2.75) is 13.0 Å². The van der Waals surface area contributed by atoms with Gasteiger partial charge in [0.1, 0.15) is 6.04 Å². The van der Waals surface area contributed by atoms with Crippen LogP contribution in [-0.4, -0.2) is 54.6 Å². The van der Waals surface area contributed by atoms with E-state index >= 15 is 0 Å². The lowest BCUT2D eigenvalue weighted by Gasteiger charge is -2.14. The zero-order chi connectivity index (χ0) is 12.7. The van der Waals surface area contributed by atoms with E-state index in [0.717, 1.165) is 0 Å². The molecule has 0 aromatic carbocycles. The van der Waals surface area contributed by atoms with E-state index < -0.39 is 18.0 Å². The molecule has 16 heavy (non-hydrogen) atoms. The summed E-state index contributed by atoms with van der Waals surface area (Å²) in [6.45, 7) is 1.49. The van der Waals surface area contributed by atoms with Crippen LogP contribution in [-0.2, 0) is 9.59 Å². The van der Waals surface area contributed by atoms with Gasteiger partial charge in [-0.25, -0.2) is 4.79 Å². The van der Waals surface area contributed by atoms with E-state index in [-0.39, 0.29) is 12.5 Å². The molecule has 0 aromatic rings. The maximum absolute atomic E-state index is 11.2. The molecule has 0 bridgehead atoms. The maximum atomic E-state index is 11.2. The molecule has 0 aromatic heterocycles.